The van der Waals surface area contributed by atoms with Gasteiger partial charge in [0.25, 0.3) is 0 Å². The van der Waals surface area contributed by atoms with Gasteiger partial charge in [0, 0.05) is 5.02 Å². The van der Waals surface area contributed by atoms with Gasteiger partial charge in [0.2, 0.25) is 0 Å². The number of hydrogen-bond acceptors (Lipinski definition) is 4. The molecule has 0 aliphatic carbocycles. The van der Waals surface area contributed by atoms with Crippen molar-refractivity contribution in [3.63, 3.8) is 0 Å². The normalized spacial score (nSPS) is 12.9. The molecule has 1 heterocycles. The number of aromatic nitrogens is 2. The molecule has 0 fully saturated rings. The molecule has 108 valence electrons. The van der Waals surface area contributed by atoms with Crippen LogP contribution in [-0.2, 0) is 0 Å². The Kier molecular flexibility index (Phi) is 5.13. The summed E-state index contributed by atoms with van der Waals surface area (Å²) in [5.74, 6) is 0.367. The van der Waals surface area contributed by atoms with Crippen LogP contribution in [0.1, 0.15) is 54.4 Å². The molecule has 3 nitrogen and oxygen atoms in total. The van der Waals surface area contributed by atoms with Gasteiger partial charge in [0.05, 0.1) is 16.6 Å². The second kappa shape index (κ2) is 6.66. The average molecular weight is 310 g/mol. The number of aryl methyl sites for hydroxylation is 1. The SMILES string of the molecule is CCNC(c1ccc(C)c(Cl)c1)c1snnc1C(C)C. The van der Waals surface area contributed by atoms with Crippen molar-refractivity contribution in [1.82, 2.24) is 14.9 Å². The lowest BCUT2D eigenvalue weighted by Crippen LogP contribution is -2.22. The highest BCUT2D eigenvalue weighted by atomic mass is 35.5. The predicted octanol–water partition coefficient (Wildman–Crippen LogP) is 4.32. The van der Waals surface area contributed by atoms with Gasteiger partial charge < -0.3 is 5.32 Å². The maximum absolute atomic E-state index is 6.27. The van der Waals surface area contributed by atoms with E-state index >= 15 is 0 Å². The highest BCUT2D eigenvalue weighted by Crippen LogP contribution is 2.32. The molecule has 0 aliphatic rings. The molecule has 20 heavy (non-hydrogen) atoms. The number of benzene rings is 1. The van der Waals surface area contributed by atoms with Crippen molar-refractivity contribution in [1.29, 1.82) is 0 Å². The molecule has 0 spiro atoms. The zero-order valence-electron chi connectivity index (χ0n) is 12.3. The third-order valence-corrected chi connectivity index (χ3v) is 4.50. The van der Waals surface area contributed by atoms with Crippen LogP contribution in [0.4, 0.5) is 0 Å². The fraction of sp³-hybridized carbons (Fsp3) is 0.467. The summed E-state index contributed by atoms with van der Waals surface area (Å²) in [6, 6.07) is 6.33. The molecule has 0 saturated heterocycles. The molecule has 1 unspecified atom stereocenters. The van der Waals surface area contributed by atoms with Crippen LogP contribution in [0.2, 0.25) is 5.02 Å². The Bertz CT molecular complexity index is 580. The van der Waals surface area contributed by atoms with Gasteiger partial charge in [-0.05, 0) is 48.1 Å². The van der Waals surface area contributed by atoms with E-state index in [9.17, 15) is 0 Å². The molecule has 1 atom stereocenters. The summed E-state index contributed by atoms with van der Waals surface area (Å²) in [6.45, 7) is 9.29. The standard InChI is InChI=1S/C15H20ClN3S/c1-5-17-14(11-7-6-10(4)12(16)8-11)15-13(9(2)3)18-19-20-15/h6-9,14,17H,5H2,1-4H3. The minimum atomic E-state index is 0.107. The molecular weight excluding hydrogens is 290 g/mol. The second-order valence-corrected chi connectivity index (χ2v) is 6.37. The number of nitrogens with zero attached hydrogens (tertiary/aromatic N) is 2. The van der Waals surface area contributed by atoms with Crippen molar-refractivity contribution in [3.05, 3.63) is 44.9 Å². The van der Waals surface area contributed by atoms with Crippen molar-refractivity contribution in [2.75, 3.05) is 6.54 Å². The molecule has 0 saturated carbocycles. The molecule has 2 rings (SSSR count). The Morgan fingerprint density at radius 2 is 2.10 bits per heavy atom. The van der Waals surface area contributed by atoms with Crippen LogP contribution in [0.15, 0.2) is 18.2 Å². The van der Waals surface area contributed by atoms with Crippen LogP contribution < -0.4 is 5.32 Å². The summed E-state index contributed by atoms with van der Waals surface area (Å²) < 4.78 is 4.13. The van der Waals surface area contributed by atoms with Crippen LogP contribution in [-0.4, -0.2) is 16.1 Å². The van der Waals surface area contributed by atoms with Crippen LogP contribution in [0.3, 0.4) is 0 Å². The van der Waals surface area contributed by atoms with Crippen molar-refractivity contribution in [2.24, 2.45) is 0 Å². The van der Waals surface area contributed by atoms with Gasteiger partial charge in [0.15, 0.2) is 0 Å². The van der Waals surface area contributed by atoms with E-state index in [1.165, 1.54) is 16.4 Å². The van der Waals surface area contributed by atoms with E-state index in [4.69, 9.17) is 11.6 Å². The van der Waals surface area contributed by atoms with E-state index in [1.54, 1.807) is 0 Å². The highest BCUT2D eigenvalue weighted by Gasteiger charge is 2.22. The number of rotatable bonds is 5. The molecular formula is C15H20ClN3S. The lowest BCUT2D eigenvalue weighted by molar-refractivity contribution is 0.626. The first-order valence-electron chi connectivity index (χ1n) is 6.86. The van der Waals surface area contributed by atoms with E-state index in [2.05, 4.69) is 47.8 Å². The average Bonchev–Trinajstić information content (AvgIpc) is 2.88. The summed E-state index contributed by atoms with van der Waals surface area (Å²) in [6.07, 6.45) is 0. The maximum Gasteiger partial charge on any atom is 0.0832 e. The van der Waals surface area contributed by atoms with Crippen LogP contribution >= 0.6 is 23.1 Å². The van der Waals surface area contributed by atoms with Crippen molar-refractivity contribution in [2.45, 2.75) is 39.7 Å². The molecule has 1 N–H and O–H groups in total. The van der Waals surface area contributed by atoms with Gasteiger partial charge in [-0.1, -0.05) is 49.0 Å². The van der Waals surface area contributed by atoms with E-state index in [1.807, 2.05) is 13.0 Å². The smallest absolute Gasteiger partial charge is 0.0832 e. The van der Waals surface area contributed by atoms with Crippen molar-refractivity contribution in [3.8, 4) is 0 Å². The van der Waals surface area contributed by atoms with E-state index < -0.39 is 0 Å². The van der Waals surface area contributed by atoms with Gasteiger partial charge in [-0.2, -0.15) is 0 Å². The van der Waals surface area contributed by atoms with Gasteiger partial charge in [-0.25, -0.2) is 0 Å². The van der Waals surface area contributed by atoms with Crippen LogP contribution in [0, 0.1) is 6.92 Å². The Morgan fingerprint density at radius 1 is 1.35 bits per heavy atom. The first-order valence-corrected chi connectivity index (χ1v) is 8.01. The Hall–Kier alpha value is -0.970. The molecule has 5 heteroatoms. The van der Waals surface area contributed by atoms with Crippen molar-refractivity contribution >= 4 is 23.1 Å². The van der Waals surface area contributed by atoms with Crippen LogP contribution in [0.25, 0.3) is 0 Å². The summed E-state index contributed by atoms with van der Waals surface area (Å²) in [5.41, 5.74) is 3.32. The topological polar surface area (TPSA) is 37.8 Å². The van der Waals surface area contributed by atoms with E-state index in [-0.39, 0.29) is 6.04 Å². The molecule has 1 aromatic heterocycles. The summed E-state index contributed by atoms with van der Waals surface area (Å²) in [7, 11) is 0. The molecule has 0 amide bonds. The Morgan fingerprint density at radius 3 is 2.70 bits per heavy atom. The minimum Gasteiger partial charge on any atom is -0.306 e. The first-order chi connectivity index (χ1) is 9.54. The number of hydrogen-bond donors (Lipinski definition) is 1. The lowest BCUT2D eigenvalue weighted by atomic mass is 9.99. The van der Waals surface area contributed by atoms with Gasteiger partial charge in [0.1, 0.15) is 0 Å². The monoisotopic (exact) mass is 309 g/mol. The fourth-order valence-corrected chi connectivity index (χ4v) is 3.26. The first kappa shape index (κ1) is 15.4. The molecule has 0 radical (unpaired) electrons. The van der Waals surface area contributed by atoms with Crippen LogP contribution in [0.5, 0.6) is 0 Å². The molecule has 0 aliphatic heterocycles. The number of nitrogens with one attached hydrogen (secondary N) is 1. The third kappa shape index (κ3) is 3.19. The highest BCUT2D eigenvalue weighted by molar-refractivity contribution is 7.05. The third-order valence-electron chi connectivity index (χ3n) is 3.29. The Labute approximate surface area is 129 Å². The maximum atomic E-state index is 6.27. The molecule has 1 aromatic carbocycles. The Balaban J connectivity index is 2.44. The van der Waals surface area contributed by atoms with Crippen molar-refractivity contribution < 1.29 is 0 Å². The van der Waals surface area contributed by atoms with Gasteiger partial charge in [-0.3, -0.25) is 0 Å². The lowest BCUT2D eigenvalue weighted by Gasteiger charge is -2.19. The van der Waals surface area contributed by atoms with E-state index in [0.29, 0.717) is 5.92 Å². The number of halogens is 1. The van der Waals surface area contributed by atoms with E-state index in [0.717, 1.165) is 28.4 Å². The fourth-order valence-electron chi connectivity index (χ4n) is 2.16. The minimum absolute atomic E-state index is 0.107. The van der Waals surface area contributed by atoms with Gasteiger partial charge in [-0.15, -0.1) is 5.10 Å². The zero-order valence-corrected chi connectivity index (χ0v) is 13.8. The zero-order chi connectivity index (χ0) is 14.7. The van der Waals surface area contributed by atoms with Gasteiger partial charge >= 0.3 is 0 Å². The summed E-state index contributed by atoms with van der Waals surface area (Å²) in [4.78, 5) is 1.18. The molecule has 2 aromatic rings. The largest absolute Gasteiger partial charge is 0.306 e. The second-order valence-electron chi connectivity index (χ2n) is 5.18. The molecule has 0 bridgehead atoms. The summed E-state index contributed by atoms with van der Waals surface area (Å²) >= 11 is 7.73. The quantitative estimate of drug-likeness (QED) is 0.893. The summed E-state index contributed by atoms with van der Waals surface area (Å²) in [5, 5.41) is 8.59. The predicted molar refractivity (Wildman–Crippen MR) is 85.7 cm³/mol.